The van der Waals surface area contributed by atoms with Crippen LogP contribution in [0.5, 0.6) is 0 Å². The van der Waals surface area contributed by atoms with Crippen molar-refractivity contribution in [1.29, 1.82) is 0 Å². The van der Waals surface area contributed by atoms with Crippen LogP contribution in [0.25, 0.3) is 0 Å². The van der Waals surface area contributed by atoms with Crippen LogP contribution < -0.4 is 5.32 Å². The normalized spacial score (nSPS) is 12.8. The van der Waals surface area contributed by atoms with E-state index >= 15 is 0 Å². The van der Waals surface area contributed by atoms with Crippen LogP contribution in [-0.4, -0.2) is 12.6 Å². The molecule has 1 rings (SSSR count). The Morgan fingerprint density at radius 2 is 2.12 bits per heavy atom. The standard InChI is InChI=1S/C13H19BrFN/c1-3-7-16-12(4-2)8-10-5-6-11(15)9-13(10)14/h5-6,9,12,16H,3-4,7-8H2,1-2H3. The van der Waals surface area contributed by atoms with Gasteiger partial charge in [0.2, 0.25) is 0 Å². The summed E-state index contributed by atoms with van der Waals surface area (Å²) in [6.07, 6.45) is 3.17. The van der Waals surface area contributed by atoms with Gasteiger partial charge in [0, 0.05) is 10.5 Å². The van der Waals surface area contributed by atoms with Crippen LogP contribution in [0.1, 0.15) is 32.3 Å². The van der Waals surface area contributed by atoms with Crippen LogP contribution in [0.4, 0.5) is 4.39 Å². The van der Waals surface area contributed by atoms with E-state index in [2.05, 4.69) is 35.1 Å². The van der Waals surface area contributed by atoms with Crippen molar-refractivity contribution in [2.45, 2.75) is 39.2 Å². The number of rotatable bonds is 6. The van der Waals surface area contributed by atoms with Gasteiger partial charge in [0.25, 0.3) is 0 Å². The topological polar surface area (TPSA) is 12.0 Å². The second kappa shape index (κ2) is 7.02. The highest BCUT2D eigenvalue weighted by Gasteiger charge is 2.09. The minimum absolute atomic E-state index is 0.190. The minimum atomic E-state index is -0.190. The van der Waals surface area contributed by atoms with Crippen LogP contribution in [-0.2, 0) is 6.42 Å². The van der Waals surface area contributed by atoms with Gasteiger partial charge in [-0.15, -0.1) is 0 Å². The average Bonchev–Trinajstić information content (AvgIpc) is 2.27. The molecule has 16 heavy (non-hydrogen) atoms. The number of hydrogen-bond acceptors (Lipinski definition) is 1. The van der Waals surface area contributed by atoms with Crippen molar-refractivity contribution in [3.05, 3.63) is 34.1 Å². The quantitative estimate of drug-likeness (QED) is 0.837. The van der Waals surface area contributed by atoms with Crippen LogP contribution in [0.2, 0.25) is 0 Å². The molecule has 1 aromatic carbocycles. The summed E-state index contributed by atoms with van der Waals surface area (Å²) in [4.78, 5) is 0. The van der Waals surface area contributed by atoms with Crippen molar-refractivity contribution >= 4 is 15.9 Å². The highest BCUT2D eigenvalue weighted by molar-refractivity contribution is 9.10. The molecule has 0 spiro atoms. The second-order valence-corrected chi connectivity index (χ2v) is 4.85. The monoisotopic (exact) mass is 287 g/mol. The first kappa shape index (κ1) is 13.7. The Bertz CT molecular complexity index is 328. The smallest absolute Gasteiger partial charge is 0.124 e. The Morgan fingerprint density at radius 1 is 1.38 bits per heavy atom. The predicted octanol–water partition coefficient (Wildman–Crippen LogP) is 3.91. The summed E-state index contributed by atoms with van der Waals surface area (Å²) >= 11 is 3.41. The third kappa shape index (κ3) is 4.22. The minimum Gasteiger partial charge on any atom is -0.314 e. The van der Waals surface area contributed by atoms with Gasteiger partial charge in [-0.1, -0.05) is 35.8 Å². The lowest BCUT2D eigenvalue weighted by molar-refractivity contribution is 0.493. The highest BCUT2D eigenvalue weighted by atomic mass is 79.9. The summed E-state index contributed by atoms with van der Waals surface area (Å²) in [5.41, 5.74) is 1.16. The molecule has 0 fully saturated rings. The summed E-state index contributed by atoms with van der Waals surface area (Å²) in [5.74, 6) is -0.190. The second-order valence-electron chi connectivity index (χ2n) is 4.00. The van der Waals surface area contributed by atoms with Gasteiger partial charge in [0.05, 0.1) is 0 Å². The molecule has 0 bridgehead atoms. The third-order valence-corrected chi connectivity index (χ3v) is 3.40. The van der Waals surface area contributed by atoms with Gasteiger partial charge >= 0.3 is 0 Å². The Labute approximate surface area is 106 Å². The predicted molar refractivity (Wildman–Crippen MR) is 70.2 cm³/mol. The molecule has 0 saturated carbocycles. The van der Waals surface area contributed by atoms with Gasteiger partial charge in [-0.3, -0.25) is 0 Å². The summed E-state index contributed by atoms with van der Waals surface area (Å²) in [7, 11) is 0. The largest absolute Gasteiger partial charge is 0.314 e. The first-order chi connectivity index (χ1) is 7.67. The fourth-order valence-electron chi connectivity index (χ4n) is 1.66. The molecule has 0 radical (unpaired) electrons. The van der Waals surface area contributed by atoms with E-state index in [1.165, 1.54) is 12.1 Å². The lowest BCUT2D eigenvalue weighted by Crippen LogP contribution is -2.31. The molecule has 1 unspecified atom stereocenters. The first-order valence-corrected chi connectivity index (χ1v) is 6.64. The maximum atomic E-state index is 12.9. The van der Waals surface area contributed by atoms with E-state index in [-0.39, 0.29) is 5.82 Å². The first-order valence-electron chi connectivity index (χ1n) is 5.84. The molecular weight excluding hydrogens is 269 g/mol. The highest BCUT2D eigenvalue weighted by Crippen LogP contribution is 2.20. The van der Waals surface area contributed by atoms with E-state index in [0.29, 0.717) is 6.04 Å². The van der Waals surface area contributed by atoms with Gasteiger partial charge in [-0.05, 0) is 43.5 Å². The Balaban J connectivity index is 2.62. The van der Waals surface area contributed by atoms with Crippen LogP contribution in [0, 0.1) is 5.82 Å². The van der Waals surface area contributed by atoms with Gasteiger partial charge in [-0.2, -0.15) is 0 Å². The zero-order chi connectivity index (χ0) is 12.0. The molecule has 1 N–H and O–H groups in total. The van der Waals surface area contributed by atoms with Gasteiger partial charge in [0.15, 0.2) is 0 Å². The molecule has 0 aromatic heterocycles. The lowest BCUT2D eigenvalue weighted by atomic mass is 10.0. The Hall–Kier alpha value is -0.410. The van der Waals surface area contributed by atoms with E-state index in [4.69, 9.17) is 0 Å². The molecular formula is C13H19BrFN. The van der Waals surface area contributed by atoms with E-state index in [9.17, 15) is 4.39 Å². The van der Waals surface area contributed by atoms with E-state index in [1.807, 2.05) is 6.07 Å². The van der Waals surface area contributed by atoms with Crippen molar-refractivity contribution in [2.24, 2.45) is 0 Å². The molecule has 0 saturated heterocycles. The maximum Gasteiger partial charge on any atom is 0.124 e. The molecule has 0 heterocycles. The van der Waals surface area contributed by atoms with Crippen molar-refractivity contribution < 1.29 is 4.39 Å². The lowest BCUT2D eigenvalue weighted by Gasteiger charge is -2.17. The summed E-state index contributed by atoms with van der Waals surface area (Å²) in [6.45, 7) is 5.37. The molecule has 3 heteroatoms. The zero-order valence-electron chi connectivity index (χ0n) is 9.89. The summed E-state index contributed by atoms with van der Waals surface area (Å²) < 4.78 is 13.8. The molecule has 0 aliphatic carbocycles. The third-order valence-electron chi connectivity index (χ3n) is 2.66. The maximum absolute atomic E-state index is 12.9. The summed E-state index contributed by atoms with van der Waals surface area (Å²) in [6, 6.07) is 5.38. The average molecular weight is 288 g/mol. The van der Waals surface area contributed by atoms with Gasteiger partial charge in [0.1, 0.15) is 5.82 Å². The van der Waals surface area contributed by atoms with E-state index < -0.39 is 0 Å². The number of nitrogens with one attached hydrogen (secondary N) is 1. The molecule has 0 aliphatic heterocycles. The van der Waals surface area contributed by atoms with Crippen molar-refractivity contribution in [2.75, 3.05) is 6.54 Å². The van der Waals surface area contributed by atoms with Crippen molar-refractivity contribution in [1.82, 2.24) is 5.32 Å². The molecule has 0 aliphatic rings. The Morgan fingerprint density at radius 3 is 2.69 bits per heavy atom. The molecule has 0 amide bonds. The molecule has 1 atom stereocenters. The SMILES string of the molecule is CCCNC(CC)Cc1ccc(F)cc1Br. The molecule has 90 valence electrons. The van der Waals surface area contributed by atoms with Gasteiger partial charge in [-0.25, -0.2) is 4.39 Å². The fourth-order valence-corrected chi connectivity index (χ4v) is 2.17. The van der Waals surface area contributed by atoms with Crippen LogP contribution >= 0.6 is 15.9 Å². The fraction of sp³-hybridized carbons (Fsp3) is 0.538. The van der Waals surface area contributed by atoms with E-state index in [1.54, 1.807) is 0 Å². The number of hydrogen-bond donors (Lipinski definition) is 1. The summed E-state index contributed by atoms with van der Waals surface area (Å²) in [5, 5.41) is 3.49. The zero-order valence-corrected chi connectivity index (χ0v) is 11.5. The Kier molecular flexibility index (Phi) is 5.99. The number of benzene rings is 1. The van der Waals surface area contributed by atoms with Gasteiger partial charge < -0.3 is 5.32 Å². The van der Waals surface area contributed by atoms with Crippen LogP contribution in [0.3, 0.4) is 0 Å². The van der Waals surface area contributed by atoms with E-state index in [0.717, 1.165) is 35.8 Å². The molecule has 1 aromatic rings. The van der Waals surface area contributed by atoms with Crippen LogP contribution in [0.15, 0.2) is 22.7 Å². The number of halogens is 2. The molecule has 1 nitrogen and oxygen atoms in total. The van der Waals surface area contributed by atoms with Crippen molar-refractivity contribution in [3.63, 3.8) is 0 Å². The van der Waals surface area contributed by atoms with Crippen molar-refractivity contribution in [3.8, 4) is 0 Å².